The number of aromatic nitrogens is 2. The van der Waals surface area contributed by atoms with Crippen molar-refractivity contribution in [3.05, 3.63) is 81.9 Å². The molecule has 1 aromatic carbocycles. The summed E-state index contributed by atoms with van der Waals surface area (Å²) in [7, 11) is 0. The van der Waals surface area contributed by atoms with E-state index in [0.29, 0.717) is 6.07 Å². The van der Waals surface area contributed by atoms with Gasteiger partial charge in [-0.05, 0) is 42.8 Å². The van der Waals surface area contributed by atoms with Crippen LogP contribution in [0, 0.1) is 11.6 Å². The summed E-state index contributed by atoms with van der Waals surface area (Å²) in [5.74, 6) is -6.90. The van der Waals surface area contributed by atoms with Gasteiger partial charge in [-0.2, -0.15) is 13.2 Å². The van der Waals surface area contributed by atoms with E-state index < -0.39 is 66.7 Å². The van der Waals surface area contributed by atoms with Gasteiger partial charge in [0.1, 0.15) is 17.4 Å². The Kier molecular flexibility index (Phi) is 9.21. The van der Waals surface area contributed by atoms with Gasteiger partial charge in [-0.3, -0.25) is 14.5 Å². The first-order chi connectivity index (χ1) is 19.7. The van der Waals surface area contributed by atoms with Gasteiger partial charge in [0.05, 0.1) is 24.7 Å². The number of hydrogen-bond donors (Lipinski definition) is 3. The number of likely N-dealkylation sites (tertiary alicyclic amines) is 1. The number of nitrogens with zero attached hydrogens (tertiary/aromatic N) is 2. The summed E-state index contributed by atoms with van der Waals surface area (Å²) in [4.78, 5) is 32.9. The first kappa shape index (κ1) is 31.0. The predicted molar refractivity (Wildman–Crippen MR) is 137 cm³/mol. The zero-order valence-corrected chi connectivity index (χ0v) is 22.1. The standard InChI is InChI=1S/C27H26F7N5O3/c1-15(24(40)38-23-5-3-19(12-36-23)42-22-4-2-18(28)9-21(22)29)39-7-6-26(30,31)20(13-39)16-8-17(25(41)37-11-16)10-35-14-27(32,33)34/h2-5,8-9,11-12,15,20,35H,6-7,10,13-14H2,1H3,(H,37,41)(H,36,38,40)/t15?,20-/m1/s1. The summed E-state index contributed by atoms with van der Waals surface area (Å²) in [6.45, 7) is -0.700. The second-order valence-electron chi connectivity index (χ2n) is 9.79. The lowest BCUT2D eigenvalue weighted by Crippen LogP contribution is -2.52. The van der Waals surface area contributed by atoms with Crippen LogP contribution in [0.1, 0.15) is 30.4 Å². The van der Waals surface area contributed by atoms with Crippen LogP contribution >= 0.6 is 0 Å². The van der Waals surface area contributed by atoms with Crippen molar-refractivity contribution in [2.75, 3.05) is 25.0 Å². The summed E-state index contributed by atoms with van der Waals surface area (Å²) in [5.41, 5.74) is -0.810. The number of halogens is 7. The molecule has 0 aliphatic carbocycles. The lowest BCUT2D eigenvalue weighted by Gasteiger charge is -2.40. The molecule has 1 aliphatic heterocycles. The number of hydrogen-bond acceptors (Lipinski definition) is 6. The molecule has 0 saturated carbocycles. The van der Waals surface area contributed by atoms with Crippen molar-refractivity contribution in [3.8, 4) is 11.5 Å². The van der Waals surface area contributed by atoms with Crippen LogP contribution in [0.3, 0.4) is 0 Å². The largest absolute Gasteiger partial charge is 0.453 e. The van der Waals surface area contributed by atoms with E-state index in [1.165, 1.54) is 30.2 Å². The first-order valence-corrected chi connectivity index (χ1v) is 12.7. The van der Waals surface area contributed by atoms with Crippen molar-refractivity contribution in [2.45, 2.75) is 43.9 Å². The Morgan fingerprint density at radius 2 is 1.98 bits per heavy atom. The van der Waals surface area contributed by atoms with E-state index in [-0.39, 0.29) is 41.5 Å². The molecule has 8 nitrogen and oxygen atoms in total. The number of pyridine rings is 2. The Morgan fingerprint density at radius 3 is 2.64 bits per heavy atom. The smallest absolute Gasteiger partial charge is 0.401 e. The minimum absolute atomic E-state index is 0.0237. The number of rotatable bonds is 9. The second-order valence-corrected chi connectivity index (χ2v) is 9.79. The topological polar surface area (TPSA) is 99.3 Å². The average Bonchev–Trinajstić information content (AvgIpc) is 2.91. The van der Waals surface area contributed by atoms with E-state index in [1.54, 1.807) is 0 Å². The van der Waals surface area contributed by atoms with Gasteiger partial charge in [-0.25, -0.2) is 22.5 Å². The van der Waals surface area contributed by atoms with Crippen molar-refractivity contribution in [1.82, 2.24) is 20.2 Å². The fourth-order valence-electron chi connectivity index (χ4n) is 4.44. The summed E-state index contributed by atoms with van der Waals surface area (Å²) < 4.78 is 99.5. The molecule has 15 heteroatoms. The van der Waals surface area contributed by atoms with Crippen molar-refractivity contribution in [1.29, 1.82) is 0 Å². The van der Waals surface area contributed by atoms with Crippen LogP contribution in [0.5, 0.6) is 11.5 Å². The lowest BCUT2D eigenvalue weighted by molar-refractivity contribution is -0.126. The van der Waals surface area contributed by atoms with Crippen molar-refractivity contribution in [3.63, 3.8) is 0 Å². The molecule has 42 heavy (non-hydrogen) atoms. The molecule has 1 aliphatic rings. The number of ether oxygens (including phenoxy) is 1. The number of H-pyrrole nitrogens is 1. The third-order valence-corrected chi connectivity index (χ3v) is 6.74. The molecule has 2 atom stereocenters. The van der Waals surface area contributed by atoms with E-state index in [9.17, 15) is 40.3 Å². The SMILES string of the molecule is CC(C(=O)Nc1ccc(Oc2ccc(F)cc2F)cn1)N1CCC(F)(F)[C@@H](c2c[nH]c(=O)c(CNCC(F)(F)F)c2)C1. The van der Waals surface area contributed by atoms with E-state index in [4.69, 9.17) is 4.74 Å². The Bertz CT molecular complexity index is 1460. The lowest BCUT2D eigenvalue weighted by atomic mass is 9.86. The Labute approximate surface area is 234 Å². The third-order valence-electron chi connectivity index (χ3n) is 6.74. The number of amides is 1. The zero-order chi connectivity index (χ0) is 30.7. The molecule has 226 valence electrons. The molecule has 3 aromatic rings. The monoisotopic (exact) mass is 601 g/mol. The molecule has 1 fully saturated rings. The summed E-state index contributed by atoms with van der Waals surface area (Å²) in [5, 5.41) is 4.65. The maximum absolute atomic E-state index is 15.0. The van der Waals surface area contributed by atoms with Gasteiger partial charge >= 0.3 is 6.18 Å². The molecule has 1 unspecified atom stereocenters. The minimum Gasteiger partial charge on any atom is -0.453 e. The molecule has 2 aromatic heterocycles. The van der Waals surface area contributed by atoms with Gasteiger partial charge in [0.25, 0.3) is 11.5 Å². The highest BCUT2D eigenvalue weighted by Gasteiger charge is 2.46. The maximum Gasteiger partial charge on any atom is 0.401 e. The first-order valence-electron chi connectivity index (χ1n) is 12.7. The van der Waals surface area contributed by atoms with Crippen LogP contribution in [-0.4, -0.2) is 58.5 Å². The van der Waals surface area contributed by atoms with E-state index in [1.807, 2.05) is 0 Å². The van der Waals surface area contributed by atoms with Crippen LogP contribution in [0.25, 0.3) is 0 Å². The number of benzene rings is 1. The number of alkyl halides is 5. The van der Waals surface area contributed by atoms with E-state index in [2.05, 4.69) is 20.6 Å². The van der Waals surface area contributed by atoms with E-state index in [0.717, 1.165) is 24.4 Å². The van der Waals surface area contributed by atoms with Crippen molar-refractivity contribution < 1.29 is 40.3 Å². The average molecular weight is 602 g/mol. The van der Waals surface area contributed by atoms with Crippen LogP contribution in [0.15, 0.2) is 53.6 Å². The van der Waals surface area contributed by atoms with E-state index >= 15 is 0 Å². The molecular formula is C27H26F7N5O3. The van der Waals surface area contributed by atoms with Crippen LogP contribution in [-0.2, 0) is 11.3 Å². The van der Waals surface area contributed by atoms with Crippen LogP contribution in [0.2, 0.25) is 0 Å². The molecule has 3 N–H and O–H groups in total. The highest BCUT2D eigenvalue weighted by atomic mass is 19.4. The number of anilines is 1. The number of piperidine rings is 1. The van der Waals surface area contributed by atoms with Gasteiger partial charge < -0.3 is 20.4 Å². The summed E-state index contributed by atoms with van der Waals surface area (Å²) in [6.07, 6.45) is -2.79. The van der Waals surface area contributed by atoms with Gasteiger partial charge in [0, 0.05) is 43.9 Å². The van der Waals surface area contributed by atoms with Crippen LogP contribution < -0.4 is 20.9 Å². The van der Waals surface area contributed by atoms with Gasteiger partial charge in [-0.15, -0.1) is 0 Å². The third kappa shape index (κ3) is 7.85. The molecule has 1 amide bonds. The maximum atomic E-state index is 15.0. The normalized spacial score (nSPS) is 18.0. The van der Waals surface area contributed by atoms with Gasteiger partial charge in [0.2, 0.25) is 5.91 Å². The summed E-state index contributed by atoms with van der Waals surface area (Å²) >= 11 is 0. The fourth-order valence-corrected chi connectivity index (χ4v) is 4.44. The second kappa shape index (κ2) is 12.5. The van der Waals surface area contributed by atoms with Crippen LogP contribution in [0.4, 0.5) is 36.6 Å². The quantitative estimate of drug-likeness (QED) is 0.301. The highest BCUT2D eigenvalue weighted by Crippen LogP contribution is 2.40. The van der Waals surface area contributed by atoms with Crippen molar-refractivity contribution >= 4 is 11.7 Å². The van der Waals surface area contributed by atoms with Gasteiger partial charge in [0.15, 0.2) is 11.6 Å². The van der Waals surface area contributed by atoms with Gasteiger partial charge in [-0.1, -0.05) is 0 Å². The minimum atomic E-state index is -4.51. The molecule has 3 heterocycles. The Balaban J connectivity index is 1.40. The Morgan fingerprint density at radius 1 is 1.21 bits per heavy atom. The molecule has 0 radical (unpaired) electrons. The summed E-state index contributed by atoms with van der Waals surface area (Å²) in [6, 6.07) is 5.83. The van der Waals surface area contributed by atoms with Crippen molar-refractivity contribution in [2.24, 2.45) is 0 Å². The predicted octanol–water partition coefficient (Wildman–Crippen LogP) is 4.94. The molecule has 1 saturated heterocycles. The zero-order valence-electron chi connectivity index (χ0n) is 22.1. The highest BCUT2D eigenvalue weighted by molar-refractivity contribution is 5.93. The molecular weight excluding hydrogens is 575 g/mol. The molecule has 0 bridgehead atoms. The fraction of sp³-hybridized carbons (Fsp3) is 0.370. The number of nitrogens with one attached hydrogen (secondary N) is 3. The number of carbonyl (C=O) groups excluding carboxylic acids is 1. The molecule has 0 spiro atoms. The number of carbonyl (C=O) groups is 1. The number of aromatic amines is 1. The molecule has 4 rings (SSSR count). The Hall–Kier alpha value is -3.98.